The second-order valence-corrected chi connectivity index (χ2v) is 10.0. The van der Waals surface area contributed by atoms with Crippen LogP contribution in [-0.2, 0) is 11.2 Å². The number of hydrogen-bond acceptors (Lipinski definition) is 7. The topological polar surface area (TPSA) is 128 Å². The molecule has 0 fully saturated rings. The lowest BCUT2D eigenvalue weighted by molar-refractivity contribution is -0.139. The number of ether oxygens (including phenoxy) is 1. The summed E-state index contributed by atoms with van der Waals surface area (Å²) in [4.78, 5) is 29.1. The van der Waals surface area contributed by atoms with Gasteiger partial charge in [-0.2, -0.15) is 4.98 Å². The third-order valence-corrected chi connectivity index (χ3v) is 6.38. The fourth-order valence-corrected chi connectivity index (χ4v) is 4.26. The summed E-state index contributed by atoms with van der Waals surface area (Å²) in [5.41, 5.74) is 2.96. The van der Waals surface area contributed by atoms with Crippen LogP contribution in [0.4, 0.5) is 4.39 Å². The maximum absolute atomic E-state index is 15.1. The highest BCUT2D eigenvalue weighted by Gasteiger charge is 2.24. The average Bonchev–Trinajstić information content (AvgIpc) is 3.64. The summed E-state index contributed by atoms with van der Waals surface area (Å²) in [6, 6.07) is 20.6. The molecule has 5 rings (SSSR count). The zero-order chi connectivity index (χ0) is 29.8. The van der Waals surface area contributed by atoms with Crippen molar-refractivity contribution in [3.63, 3.8) is 0 Å². The van der Waals surface area contributed by atoms with Gasteiger partial charge in [0.15, 0.2) is 5.76 Å². The molecule has 2 N–H and O–H groups in total. The van der Waals surface area contributed by atoms with E-state index in [1.807, 2.05) is 45.0 Å². The van der Waals surface area contributed by atoms with Crippen LogP contribution < -0.4 is 10.1 Å². The molecule has 2 heterocycles. The van der Waals surface area contributed by atoms with Crippen LogP contribution in [0.1, 0.15) is 35.5 Å². The molecule has 0 radical (unpaired) electrons. The molecule has 1 atom stereocenters. The van der Waals surface area contributed by atoms with Crippen LogP contribution in [0, 0.1) is 12.7 Å². The molecule has 0 spiro atoms. The van der Waals surface area contributed by atoms with Gasteiger partial charge >= 0.3 is 5.97 Å². The van der Waals surface area contributed by atoms with Crippen LogP contribution in [0.15, 0.2) is 87.8 Å². The van der Waals surface area contributed by atoms with Gasteiger partial charge in [0.1, 0.15) is 23.4 Å². The van der Waals surface area contributed by atoms with Gasteiger partial charge in [-0.3, -0.25) is 4.79 Å². The molecule has 3 aromatic carbocycles. The van der Waals surface area contributed by atoms with Gasteiger partial charge in [0.2, 0.25) is 5.82 Å². The fraction of sp³-hybridized carbons (Fsp3) is 0.188. The lowest BCUT2D eigenvalue weighted by Crippen LogP contribution is -2.42. The summed E-state index contributed by atoms with van der Waals surface area (Å²) in [7, 11) is 0. The number of amides is 1. The first-order chi connectivity index (χ1) is 20.2. The highest BCUT2D eigenvalue weighted by atomic mass is 19.1. The fourth-order valence-electron chi connectivity index (χ4n) is 4.26. The summed E-state index contributed by atoms with van der Waals surface area (Å²) in [6.45, 7) is 5.82. The molecule has 10 heteroatoms. The monoisotopic (exact) mass is 569 g/mol. The highest BCUT2D eigenvalue weighted by Crippen LogP contribution is 2.27. The Morgan fingerprint density at radius 1 is 0.976 bits per heavy atom. The third kappa shape index (κ3) is 6.55. The van der Waals surface area contributed by atoms with Crippen LogP contribution in [-0.4, -0.2) is 39.3 Å². The standard InChI is InChI=1S/C32H28FN3O6/c1-18(2)40-23-11-9-21(10-12-23)27-14-15-28(41-27)30(37)34-26(32(38)39)17-20-6-13-24(25(33)16-20)29-35-31(42-36-29)22-7-4-19(3)5-8-22/h4-16,18,26H,17H2,1-3H3,(H,34,37)(H,38,39)/t26-/m1/s1. The third-order valence-electron chi connectivity index (χ3n) is 6.38. The van der Waals surface area contributed by atoms with Gasteiger partial charge in [-0.25, -0.2) is 9.18 Å². The van der Waals surface area contributed by atoms with E-state index in [2.05, 4.69) is 15.5 Å². The smallest absolute Gasteiger partial charge is 0.326 e. The molecule has 0 aliphatic rings. The van der Waals surface area contributed by atoms with Crippen LogP contribution >= 0.6 is 0 Å². The Morgan fingerprint density at radius 3 is 2.36 bits per heavy atom. The van der Waals surface area contributed by atoms with Gasteiger partial charge in [0, 0.05) is 17.5 Å². The molecular weight excluding hydrogens is 541 g/mol. The quantitative estimate of drug-likeness (QED) is 0.200. The largest absolute Gasteiger partial charge is 0.491 e. The molecule has 0 unspecified atom stereocenters. The van der Waals surface area contributed by atoms with E-state index in [0.29, 0.717) is 22.6 Å². The van der Waals surface area contributed by atoms with Gasteiger partial charge < -0.3 is 24.1 Å². The molecular formula is C32H28FN3O6. The number of aliphatic carboxylic acids is 1. The Kier molecular flexibility index (Phi) is 8.14. The lowest BCUT2D eigenvalue weighted by atomic mass is 10.0. The summed E-state index contributed by atoms with van der Waals surface area (Å²) in [5, 5.41) is 16.1. The molecule has 42 heavy (non-hydrogen) atoms. The number of carbonyl (C=O) groups excluding carboxylic acids is 1. The van der Waals surface area contributed by atoms with Crippen LogP contribution in [0.2, 0.25) is 0 Å². The first-order valence-corrected chi connectivity index (χ1v) is 13.3. The number of aromatic nitrogens is 2. The molecule has 2 aromatic heterocycles. The predicted octanol–water partition coefficient (Wildman–Crippen LogP) is 6.32. The summed E-state index contributed by atoms with van der Waals surface area (Å²) in [6.07, 6.45) is -0.126. The first kappa shape index (κ1) is 28.3. The summed E-state index contributed by atoms with van der Waals surface area (Å²) < 4.78 is 31.7. The molecule has 5 aromatic rings. The van der Waals surface area contributed by atoms with Gasteiger partial charge in [0.05, 0.1) is 11.7 Å². The number of nitrogens with zero attached hydrogens (tertiary/aromatic N) is 2. The van der Waals surface area contributed by atoms with Crippen molar-refractivity contribution in [2.45, 2.75) is 39.3 Å². The number of halogens is 1. The number of aryl methyl sites for hydroxylation is 1. The van der Waals surface area contributed by atoms with Crippen LogP contribution in [0.25, 0.3) is 34.2 Å². The van der Waals surface area contributed by atoms with Gasteiger partial charge in [-0.15, -0.1) is 0 Å². The minimum atomic E-state index is -1.33. The molecule has 214 valence electrons. The first-order valence-electron chi connectivity index (χ1n) is 13.3. The number of hydrogen-bond donors (Lipinski definition) is 2. The number of furan rings is 1. The maximum atomic E-state index is 15.1. The van der Waals surface area contributed by atoms with Crippen molar-refractivity contribution in [1.29, 1.82) is 0 Å². The number of carboxylic acid groups (broad SMARTS) is 1. The van der Waals surface area contributed by atoms with Crippen molar-refractivity contribution in [3.05, 3.63) is 102 Å². The van der Waals surface area contributed by atoms with Crippen LogP contribution in [0.5, 0.6) is 5.75 Å². The van der Waals surface area contributed by atoms with Gasteiger partial charge in [0.25, 0.3) is 11.8 Å². The highest BCUT2D eigenvalue weighted by molar-refractivity contribution is 5.94. The molecule has 0 aliphatic heterocycles. The zero-order valence-electron chi connectivity index (χ0n) is 23.1. The van der Waals surface area contributed by atoms with Crippen molar-refractivity contribution in [1.82, 2.24) is 15.5 Å². The van der Waals surface area contributed by atoms with E-state index in [9.17, 15) is 14.7 Å². The van der Waals surface area contributed by atoms with Crippen molar-refractivity contribution in [3.8, 4) is 39.9 Å². The van der Waals surface area contributed by atoms with Crippen molar-refractivity contribution in [2.24, 2.45) is 0 Å². The van der Waals surface area contributed by atoms with Crippen molar-refractivity contribution in [2.75, 3.05) is 0 Å². The summed E-state index contributed by atoms with van der Waals surface area (Å²) >= 11 is 0. The minimum absolute atomic E-state index is 0.0365. The number of rotatable bonds is 10. The Bertz CT molecular complexity index is 1710. The average molecular weight is 570 g/mol. The zero-order valence-corrected chi connectivity index (χ0v) is 23.1. The molecule has 9 nitrogen and oxygen atoms in total. The maximum Gasteiger partial charge on any atom is 0.326 e. The van der Waals surface area contributed by atoms with E-state index in [0.717, 1.165) is 11.1 Å². The number of carbonyl (C=O) groups is 2. The number of benzene rings is 3. The lowest BCUT2D eigenvalue weighted by Gasteiger charge is -2.14. The number of nitrogens with one attached hydrogen (secondary N) is 1. The van der Waals surface area contributed by atoms with E-state index < -0.39 is 23.7 Å². The molecule has 0 saturated carbocycles. The van der Waals surface area contributed by atoms with E-state index in [-0.39, 0.29) is 35.6 Å². The minimum Gasteiger partial charge on any atom is -0.491 e. The molecule has 0 bridgehead atoms. The Morgan fingerprint density at radius 2 is 1.69 bits per heavy atom. The summed E-state index contributed by atoms with van der Waals surface area (Å²) in [5.74, 6) is -1.23. The Hall–Kier alpha value is -5.25. The Labute approximate surface area is 241 Å². The number of carboxylic acids is 1. The van der Waals surface area contributed by atoms with E-state index in [1.54, 1.807) is 36.4 Å². The second kappa shape index (κ2) is 12.1. The molecule has 0 aliphatic carbocycles. The van der Waals surface area contributed by atoms with Crippen molar-refractivity contribution < 1.29 is 32.8 Å². The second-order valence-electron chi connectivity index (χ2n) is 10.0. The SMILES string of the molecule is Cc1ccc(-c2nc(-c3ccc(C[C@@H](NC(=O)c4ccc(-c5ccc(OC(C)C)cc5)o4)C(=O)O)cc3F)no2)cc1. The van der Waals surface area contributed by atoms with E-state index >= 15 is 4.39 Å². The Balaban J connectivity index is 1.25. The van der Waals surface area contributed by atoms with Crippen LogP contribution in [0.3, 0.4) is 0 Å². The van der Waals surface area contributed by atoms with Gasteiger partial charge in [-0.1, -0.05) is 28.9 Å². The molecule has 0 saturated heterocycles. The van der Waals surface area contributed by atoms with Gasteiger partial charge in [-0.05, 0) is 87.0 Å². The predicted molar refractivity (Wildman–Crippen MR) is 152 cm³/mol. The molecule has 1 amide bonds. The van der Waals surface area contributed by atoms with E-state index in [4.69, 9.17) is 13.7 Å². The normalized spacial score (nSPS) is 11.8. The van der Waals surface area contributed by atoms with Crippen molar-refractivity contribution >= 4 is 11.9 Å². The van der Waals surface area contributed by atoms with E-state index in [1.165, 1.54) is 18.2 Å².